The Bertz CT molecular complexity index is 2020. The highest BCUT2D eigenvalue weighted by Crippen LogP contribution is 2.24. The van der Waals surface area contributed by atoms with Gasteiger partial charge >= 0.3 is 0 Å². The van der Waals surface area contributed by atoms with Crippen LogP contribution in [0.4, 0.5) is 11.6 Å². The van der Waals surface area contributed by atoms with Crippen molar-refractivity contribution in [3.8, 4) is 18.1 Å². The highest BCUT2D eigenvalue weighted by Gasteiger charge is 2.27. The van der Waals surface area contributed by atoms with Gasteiger partial charge < -0.3 is 35.0 Å². The lowest BCUT2D eigenvalue weighted by Crippen LogP contribution is -2.39. The third-order valence-corrected chi connectivity index (χ3v) is 10.5. The van der Waals surface area contributed by atoms with Gasteiger partial charge in [0.25, 0.3) is 11.8 Å². The van der Waals surface area contributed by atoms with Crippen molar-refractivity contribution in [1.29, 1.82) is 10.5 Å². The van der Waals surface area contributed by atoms with E-state index in [0.717, 1.165) is 75.7 Å². The first kappa shape index (κ1) is 37.0. The van der Waals surface area contributed by atoms with Gasteiger partial charge in [0, 0.05) is 77.3 Å². The van der Waals surface area contributed by atoms with Crippen LogP contribution in [0.5, 0.6) is 5.75 Å². The molecule has 13 heteroatoms. The molecule has 3 saturated heterocycles. The predicted octanol–water partition coefficient (Wildman–Crippen LogP) is 4.34. The molecule has 8 rings (SSSR count). The van der Waals surface area contributed by atoms with E-state index in [1.165, 1.54) is 11.1 Å². The van der Waals surface area contributed by atoms with E-state index < -0.39 is 0 Å². The summed E-state index contributed by atoms with van der Waals surface area (Å²) in [5.74, 6) is 2.20. The van der Waals surface area contributed by atoms with Crippen LogP contribution in [-0.4, -0.2) is 95.6 Å². The van der Waals surface area contributed by atoms with Gasteiger partial charge in [0.1, 0.15) is 34.9 Å². The Morgan fingerprint density at radius 3 is 1.73 bits per heavy atom. The van der Waals surface area contributed by atoms with Crippen LogP contribution in [0.15, 0.2) is 91.0 Å². The number of carbonyl (C=O) groups excluding carboxylic acids is 2. The molecule has 0 aliphatic carbocycles. The Hall–Kier alpha value is -6.34. The number of hydrogen-bond donors (Lipinski definition) is 2. The maximum absolute atomic E-state index is 12.6. The SMILES string of the molecule is N#CN1CCC(NC(=O)c2cccc(N3CCC(Oc4ccccc4)CC3)n2)C1.N#CN1CCC(NC(=O)c2cccc(N3CCc4ccccc4C3)n2)C1. The molecular formula is C42H46N10O3. The number of ether oxygens (including phenoxy) is 1. The number of pyridine rings is 2. The van der Waals surface area contributed by atoms with Crippen molar-refractivity contribution < 1.29 is 14.3 Å². The third-order valence-electron chi connectivity index (χ3n) is 10.5. The minimum Gasteiger partial charge on any atom is -0.490 e. The summed E-state index contributed by atoms with van der Waals surface area (Å²) in [7, 11) is 0. The van der Waals surface area contributed by atoms with E-state index in [9.17, 15) is 9.59 Å². The second-order valence-electron chi connectivity index (χ2n) is 14.3. The van der Waals surface area contributed by atoms with Crippen LogP contribution in [0.25, 0.3) is 0 Å². The van der Waals surface area contributed by atoms with Crippen molar-refractivity contribution in [3.05, 3.63) is 114 Å². The maximum Gasteiger partial charge on any atom is 0.270 e. The van der Waals surface area contributed by atoms with E-state index in [1.807, 2.05) is 54.6 Å². The summed E-state index contributed by atoms with van der Waals surface area (Å²) in [5, 5.41) is 23.9. The fourth-order valence-corrected chi connectivity index (χ4v) is 7.49. The first-order valence-electron chi connectivity index (χ1n) is 19.1. The zero-order chi connectivity index (χ0) is 38.0. The number of carbonyl (C=O) groups is 2. The van der Waals surface area contributed by atoms with E-state index in [2.05, 4.69) is 67.1 Å². The molecule has 2 aromatic heterocycles. The lowest BCUT2D eigenvalue weighted by atomic mass is 10.00. The van der Waals surface area contributed by atoms with Crippen LogP contribution in [-0.2, 0) is 13.0 Å². The van der Waals surface area contributed by atoms with Gasteiger partial charge in [0.2, 0.25) is 0 Å². The van der Waals surface area contributed by atoms with Crippen molar-refractivity contribution in [2.45, 2.75) is 56.8 Å². The largest absolute Gasteiger partial charge is 0.490 e. The fraction of sp³-hybridized carbons (Fsp3) is 0.381. The summed E-state index contributed by atoms with van der Waals surface area (Å²) in [4.78, 5) is 42.0. The first-order valence-corrected chi connectivity index (χ1v) is 19.1. The first-order chi connectivity index (χ1) is 26.9. The van der Waals surface area contributed by atoms with E-state index in [4.69, 9.17) is 15.3 Å². The van der Waals surface area contributed by atoms with Gasteiger partial charge in [-0.25, -0.2) is 9.97 Å². The Morgan fingerprint density at radius 1 is 0.618 bits per heavy atom. The quantitative estimate of drug-likeness (QED) is 0.248. The zero-order valence-electron chi connectivity index (χ0n) is 30.9. The Balaban J connectivity index is 0.000000170. The fourth-order valence-electron chi connectivity index (χ4n) is 7.49. The highest BCUT2D eigenvalue weighted by atomic mass is 16.5. The molecular weight excluding hydrogens is 693 g/mol. The van der Waals surface area contributed by atoms with E-state index in [0.29, 0.717) is 37.6 Å². The number of hydrogen-bond acceptors (Lipinski definition) is 11. The molecule has 0 spiro atoms. The molecule has 2 N–H and O–H groups in total. The maximum atomic E-state index is 12.6. The zero-order valence-corrected chi connectivity index (χ0v) is 30.9. The number of nitrogens with zero attached hydrogens (tertiary/aromatic N) is 8. The molecule has 3 fully saturated rings. The lowest BCUT2D eigenvalue weighted by Gasteiger charge is -2.33. The number of nitriles is 2. The number of para-hydroxylation sites is 1. The van der Waals surface area contributed by atoms with Gasteiger partial charge in [-0.15, -0.1) is 0 Å². The second-order valence-corrected chi connectivity index (χ2v) is 14.3. The lowest BCUT2D eigenvalue weighted by molar-refractivity contribution is 0.0925. The molecule has 4 aromatic rings. The Labute approximate surface area is 322 Å². The molecule has 2 atom stereocenters. The number of likely N-dealkylation sites (tertiary alicyclic amines) is 2. The van der Waals surface area contributed by atoms with Crippen molar-refractivity contribution in [2.24, 2.45) is 0 Å². The van der Waals surface area contributed by atoms with Gasteiger partial charge in [-0.1, -0.05) is 54.6 Å². The summed E-state index contributed by atoms with van der Waals surface area (Å²) >= 11 is 0. The van der Waals surface area contributed by atoms with E-state index in [-0.39, 0.29) is 30.0 Å². The van der Waals surface area contributed by atoms with Gasteiger partial charge in [-0.05, 0) is 66.8 Å². The van der Waals surface area contributed by atoms with Gasteiger partial charge in [-0.3, -0.25) is 9.59 Å². The number of piperidine rings is 1. The average Bonchev–Trinajstić information content (AvgIpc) is 3.91. The average molecular weight is 739 g/mol. The molecule has 0 saturated carbocycles. The van der Waals surface area contributed by atoms with E-state index >= 15 is 0 Å². The van der Waals surface area contributed by atoms with Gasteiger partial charge in [0.05, 0.1) is 0 Å². The molecule has 13 nitrogen and oxygen atoms in total. The smallest absolute Gasteiger partial charge is 0.270 e. The second kappa shape index (κ2) is 17.7. The minimum absolute atomic E-state index is 0.00140. The standard InChI is InChI=1S/C22H25N5O2.C20H21N5O/c23-16-26-12-9-17(15-26)24-22(28)20-7-4-8-21(25-20)27-13-10-19(11-14-27)29-18-5-2-1-3-6-18;21-14-24-10-9-17(13-24)22-20(26)18-6-3-7-19(23-18)25-11-8-15-4-1-2-5-16(15)12-25/h1-8,17,19H,9-15H2,(H,24,28);1-7,17H,8-13H2,(H,22,26). The number of anilines is 2. The van der Waals surface area contributed by atoms with Crippen LogP contribution in [0.3, 0.4) is 0 Å². The molecule has 2 amide bonds. The molecule has 0 radical (unpaired) electrons. The molecule has 0 bridgehead atoms. The molecule has 4 aliphatic rings. The normalized spacial score (nSPS) is 19.3. The van der Waals surface area contributed by atoms with Crippen LogP contribution in [0.1, 0.15) is 57.8 Å². The number of amides is 2. The molecule has 2 unspecified atom stereocenters. The number of aromatic nitrogens is 2. The summed E-state index contributed by atoms with van der Waals surface area (Å²) in [6, 6.07) is 29.5. The highest BCUT2D eigenvalue weighted by molar-refractivity contribution is 5.93. The molecule has 55 heavy (non-hydrogen) atoms. The van der Waals surface area contributed by atoms with E-state index in [1.54, 1.807) is 21.9 Å². The van der Waals surface area contributed by atoms with Crippen LogP contribution in [0.2, 0.25) is 0 Å². The summed E-state index contributed by atoms with van der Waals surface area (Å²) in [6.07, 6.45) is 8.85. The number of benzene rings is 2. The molecule has 2 aromatic carbocycles. The van der Waals surface area contributed by atoms with Gasteiger partial charge in [-0.2, -0.15) is 10.5 Å². The number of rotatable bonds is 8. The van der Waals surface area contributed by atoms with Crippen LogP contribution in [0, 0.1) is 22.9 Å². The molecule has 282 valence electrons. The van der Waals surface area contributed by atoms with Crippen molar-refractivity contribution >= 4 is 23.5 Å². The Kier molecular flexibility index (Phi) is 11.9. The van der Waals surface area contributed by atoms with Crippen LogP contribution < -0.4 is 25.2 Å². The van der Waals surface area contributed by atoms with Gasteiger partial charge in [0.15, 0.2) is 12.4 Å². The predicted molar refractivity (Wildman–Crippen MR) is 208 cm³/mol. The monoisotopic (exact) mass is 738 g/mol. The van der Waals surface area contributed by atoms with Crippen molar-refractivity contribution in [2.75, 3.05) is 55.6 Å². The number of nitrogens with one attached hydrogen (secondary N) is 2. The minimum atomic E-state index is -0.182. The number of fused-ring (bicyclic) bond motifs is 1. The Morgan fingerprint density at radius 2 is 1.16 bits per heavy atom. The summed E-state index contributed by atoms with van der Waals surface area (Å²) in [5.41, 5.74) is 3.55. The summed E-state index contributed by atoms with van der Waals surface area (Å²) in [6.45, 7) is 5.92. The van der Waals surface area contributed by atoms with Crippen molar-refractivity contribution in [3.63, 3.8) is 0 Å². The van der Waals surface area contributed by atoms with Crippen LogP contribution >= 0.6 is 0 Å². The van der Waals surface area contributed by atoms with Crippen molar-refractivity contribution in [1.82, 2.24) is 30.4 Å². The molecule has 6 heterocycles. The molecule has 4 aliphatic heterocycles. The topological polar surface area (TPSA) is 154 Å². The third kappa shape index (κ3) is 9.61. The summed E-state index contributed by atoms with van der Waals surface area (Å²) < 4.78 is 6.06.